The molecular weight excluding hydrogens is 204 g/mol. The molecule has 3 atom stereocenters. The van der Waals surface area contributed by atoms with E-state index in [4.69, 9.17) is 4.74 Å². The van der Waals surface area contributed by atoms with Crippen molar-refractivity contribution in [2.24, 2.45) is 17.8 Å². The minimum Gasteiger partial charge on any atom is -0.384 e. The van der Waals surface area contributed by atoms with Crippen molar-refractivity contribution < 1.29 is 9.53 Å². The summed E-state index contributed by atoms with van der Waals surface area (Å²) in [4.78, 5) is 14.2. The molecule has 0 spiro atoms. The van der Waals surface area contributed by atoms with Crippen molar-refractivity contribution in [3.05, 3.63) is 0 Å². The number of amides is 1. The van der Waals surface area contributed by atoms with Crippen LogP contribution < -0.4 is 5.32 Å². The Kier molecular flexibility index (Phi) is 3.82. The van der Waals surface area contributed by atoms with E-state index in [1.54, 1.807) is 7.11 Å². The van der Waals surface area contributed by atoms with Gasteiger partial charge < -0.3 is 15.0 Å². The largest absolute Gasteiger partial charge is 0.384 e. The molecule has 4 heteroatoms. The van der Waals surface area contributed by atoms with Gasteiger partial charge in [0.15, 0.2) is 0 Å². The van der Waals surface area contributed by atoms with Gasteiger partial charge in [0.05, 0.1) is 12.5 Å². The molecular formula is C12H22N2O2. The third-order valence-corrected chi connectivity index (χ3v) is 3.87. The number of rotatable bonds is 3. The van der Waals surface area contributed by atoms with Crippen molar-refractivity contribution >= 4 is 5.91 Å². The molecule has 2 saturated heterocycles. The first-order valence-corrected chi connectivity index (χ1v) is 6.20. The summed E-state index contributed by atoms with van der Waals surface area (Å²) in [6.45, 7) is 6.62. The fourth-order valence-corrected chi connectivity index (χ4v) is 2.77. The Hall–Kier alpha value is -0.610. The van der Waals surface area contributed by atoms with E-state index in [1.165, 1.54) is 0 Å². The number of nitrogens with one attached hydrogen (secondary N) is 1. The summed E-state index contributed by atoms with van der Waals surface area (Å²) < 4.78 is 5.20. The molecule has 0 bridgehead atoms. The van der Waals surface area contributed by atoms with Crippen LogP contribution in [0.4, 0.5) is 0 Å². The summed E-state index contributed by atoms with van der Waals surface area (Å²) >= 11 is 0. The zero-order valence-corrected chi connectivity index (χ0v) is 10.2. The lowest BCUT2D eigenvalue weighted by molar-refractivity contribution is -0.134. The molecule has 2 aliphatic rings. The lowest BCUT2D eigenvalue weighted by Gasteiger charge is -2.20. The fourth-order valence-electron chi connectivity index (χ4n) is 2.77. The Morgan fingerprint density at radius 2 is 2.31 bits per heavy atom. The Morgan fingerprint density at radius 1 is 1.50 bits per heavy atom. The molecule has 0 aliphatic carbocycles. The molecule has 1 N–H and O–H groups in total. The zero-order chi connectivity index (χ0) is 11.5. The SMILES string of the molecule is COC[C@@H]1CN(C(=O)[C@@H]2CCNC2)C[C@H]1C. The highest BCUT2D eigenvalue weighted by Gasteiger charge is 2.35. The van der Waals surface area contributed by atoms with Gasteiger partial charge in [0, 0.05) is 32.7 Å². The third-order valence-electron chi connectivity index (χ3n) is 3.87. The van der Waals surface area contributed by atoms with Crippen molar-refractivity contribution in [1.29, 1.82) is 0 Å². The maximum absolute atomic E-state index is 12.2. The summed E-state index contributed by atoms with van der Waals surface area (Å²) in [5.74, 6) is 1.64. The van der Waals surface area contributed by atoms with Crippen LogP contribution in [-0.4, -0.2) is 50.7 Å². The van der Waals surface area contributed by atoms with Crippen molar-refractivity contribution in [2.45, 2.75) is 13.3 Å². The molecule has 0 aromatic carbocycles. The topological polar surface area (TPSA) is 41.6 Å². The van der Waals surface area contributed by atoms with E-state index in [2.05, 4.69) is 12.2 Å². The van der Waals surface area contributed by atoms with E-state index in [9.17, 15) is 4.79 Å². The minimum atomic E-state index is 0.216. The molecule has 0 saturated carbocycles. The smallest absolute Gasteiger partial charge is 0.227 e. The minimum absolute atomic E-state index is 0.216. The summed E-state index contributed by atoms with van der Waals surface area (Å²) in [5, 5.41) is 3.25. The highest BCUT2D eigenvalue weighted by atomic mass is 16.5. The van der Waals surface area contributed by atoms with Crippen molar-refractivity contribution in [3.63, 3.8) is 0 Å². The van der Waals surface area contributed by atoms with Crippen LogP contribution in [0.5, 0.6) is 0 Å². The van der Waals surface area contributed by atoms with Gasteiger partial charge in [-0.3, -0.25) is 4.79 Å². The molecule has 4 nitrogen and oxygen atoms in total. The number of carbonyl (C=O) groups is 1. The molecule has 2 aliphatic heterocycles. The van der Waals surface area contributed by atoms with Crippen LogP contribution in [0.1, 0.15) is 13.3 Å². The van der Waals surface area contributed by atoms with Gasteiger partial charge in [-0.25, -0.2) is 0 Å². The van der Waals surface area contributed by atoms with E-state index in [0.717, 1.165) is 39.2 Å². The highest BCUT2D eigenvalue weighted by molar-refractivity contribution is 5.79. The van der Waals surface area contributed by atoms with Gasteiger partial charge in [-0.15, -0.1) is 0 Å². The molecule has 16 heavy (non-hydrogen) atoms. The quantitative estimate of drug-likeness (QED) is 0.754. The summed E-state index contributed by atoms with van der Waals surface area (Å²) in [5.41, 5.74) is 0. The lowest BCUT2D eigenvalue weighted by atomic mass is 10.00. The second-order valence-corrected chi connectivity index (χ2v) is 5.13. The number of hydrogen-bond acceptors (Lipinski definition) is 3. The maximum Gasteiger partial charge on any atom is 0.227 e. The van der Waals surface area contributed by atoms with Crippen LogP contribution in [-0.2, 0) is 9.53 Å². The van der Waals surface area contributed by atoms with Crippen molar-refractivity contribution in [3.8, 4) is 0 Å². The van der Waals surface area contributed by atoms with Gasteiger partial charge in [-0.1, -0.05) is 6.92 Å². The van der Waals surface area contributed by atoms with Gasteiger partial charge in [-0.2, -0.15) is 0 Å². The predicted molar refractivity (Wildman–Crippen MR) is 62.1 cm³/mol. The first kappa shape index (κ1) is 11.9. The monoisotopic (exact) mass is 226 g/mol. The van der Waals surface area contributed by atoms with Crippen LogP contribution in [0.2, 0.25) is 0 Å². The number of carbonyl (C=O) groups excluding carboxylic acids is 1. The van der Waals surface area contributed by atoms with Crippen LogP contribution >= 0.6 is 0 Å². The fraction of sp³-hybridized carbons (Fsp3) is 0.917. The number of likely N-dealkylation sites (tertiary alicyclic amines) is 1. The second kappa shape index (κ2) is 5.15. The first-order valence-electron chi connectivity index (χ1n) is 6.20. The predicted octanol–water partition coefficient (Wildman–Crippen LogP) is 0.337. The normalized spacial score (nSPS) is 34.6. The average molecular weight is 226 g/mol. The Balaban J connectivity index is 1.88. The van der Waals surface area contributed by atoms with Gasteiger partial charge in [0.25, 0.3) is 0 Å². The standard InChI is InChI=1S/C12H22N2O2/c1-9-6-14(7-11(9)8-16-2)12(15)10-3-4-13-5-10/h9-11,13H,3-8H2,1-2H3/t9-,10-,11+/m1/s1. The molecule has 2 rings (SSSR count). The molecule has 92 valence electrons. The molecule has 2 fully saturated rings. The van der Waals surface area contributed by atoms with E-state index >= 15 is 0 Å². The molecule has 2 heterocycles. The van der Waals surface area contributed by atoms with E-state index in [1.807, 2.05) is 4.90 Å². The van der Waals surface area contributed by atoms with Crippen LogP contribution in [0.3, 0.4) is 0 Å². The average Bonchev–Trinajstić information content (AvgIpc) is 2.88. The van der Waals surface area contributed by atoms with Crippen LogP contribution in [0, 0.1) is 17.8 Å². The zero-order valence-electron chi connectivity index (χ0n) is 10.2. The Bertz CT molecular complexity index is 251. The van der Waals surface area contributed by atoms with E-state index in [0.29, 0.717) is 17.7 Å². The Labute approximate surface area is 97.3 Å². The number of nitrogens with zero attached hydrogens (tertiary/aromatic N) is 1. The maximum atomic E-state index is 12.2. The number of ether oxygens (including phenoxy) is 1. The Morgan fingerprint density at radius 3 is 2.94 bits per heavy atom. The molecule has 0 radical (unpaired) electrons. The molecule has 1 amide bonds. The highest BCUT2D eigenvalue weighted by Crippen LogP contribution is 2.25. The van der Waals surface area contributed by atoms with E-state index in [-0.39, 0.29) is 5.92 Å². The van der Waals surface area contributed by atoms with E-state index < -0.39 is 0 Å². The van der Waals surface area contributed by atoms with Gasteiger partial charge >= 0.3 is 0 Å². The summed E-state index contributed by atoms with van der Waals surface area (Å²) in [6, 6.07) is 0. The lowest BCUT2D eigenvalue weighted by Crippen LogP contribution is -2.35. The number of hydrogen-bond donors (Lipinski definition) is 1. The molecule has 0 unspecified atom stereocenters. The van der Waals surface area contributed by atoms with Crippen LogP contribution in [0.25, 0.3) is 0 Å². The summed E-state index contributed by atoms with van der Waals surface area (Å²) in [7, 11) is 1.73. The van der Waals surface area contributed by atoms with Crippen molar-refractivity contribution in [1.82, 2.24) is 10.2 Å². The third kappa shape index (κ3) is 2.38. The second-order valence-electron chi connectivity index (χ2n) is 5.13. The molecule has 0 aromatic heterocycles. The van der Waals surface area contributed by atoms with Crippen molar-refractivity contribution in [2.75, 3.05) is 39.9 Å². The first-order chi connectivity index (χ1) is 7.72. The van der Waals surface area contributed by atoms with Gasteiger partial charge in [0.2, 0.25) is 5.91 Å². The number of methoxy groups -OCH3 is 1. The van der Waals surface area contributed by atoms with Gasteiger partial charge in [-0.05, 0) is 18.9 Å². The molecule has 0 aromatic rings. The summed E-state index contributed by atoms with van der Waals surface area (Å²) in [6.07, 6.45) is 0.999. The van der Waals surface area contributed by atoms with Crippen LogP contribution in [0.15, 0.2) is 0 Å². The van der Waals surface area contributed by atoms with Gasteiger partial charge in [0.1, 0.15) is 0 Å².